The molecule has 0 atom stereocenters. The fourth-order valence-electron chi connectivity index (χ4n) is 2.04. The molecule has 1 saturated heterocycles. The zero-order valence-electron chi connectivity index (χ0n) is 10.1. The Hall–Kier alpha value is -2.01. The summed E-state index contributed by atoms with van der Waals surface area (Å²) in [6, 6.07) is 7.72. The first-order chi connectivity index (χ1) is 8.93. The van der Waals surface area contributed by atoms with Gasteiger partial charge in [-0.2, -0.15) is 0 Å². The first-order valence-corrected chi connectivity index (χ1v) is 6.13. The molecule has 1 aliphatic rings. The minimum Gasteiger partial charge on any atom is -0.354 e. The molecule has 0 amide bonds. The van der Waals surface area contributed by atoms with Gasteiger partial charge in [-0.05, 0) is 18.2 Å². The fraction of sp³-hybridized carbons (Fsp3) is 0.308. The predicted octanol–water partition coefficient (Wildman–Crippen LogP) is 0.948. The molecule has 0 aromatic carbocycles. The number of nitrogens with one attached hydrogen (secondary N) is 1. The summed E-state index contributed by atoms with van der Waals surface area (Å²) in [6.45, 7) is 3.98. The van der Waals surface area contributed by atoms with Crippen molar-refractivity contribution < 1.29 is 0 Å². The summed E-state index contributed by atoms with van der Waals surface area (Å²) in [5.41, 5.74) is 0.814. The normalized spacial score (nSPS) is 15.7. The van der Waals surface area contributed by atoms with E-state index in [1.165, 1.54) is 0 Å². The molecule has 0 spiro atoms. The van der Waals surface area contributed by atoms with Gasteiger partial charge in [-0.15, -0.1) is 0 Å². The summed E-state index contributed by atoms with van der Waals surface area (Å²) in [7, 11) is 0. The molecule has 1 aliphatic heterocycles. The highest BCUT2D eigenvalue weighted by atomic mass is 15.2. The SMILES string of the molecule is c1ccc(-c2nccc(N3CCNCC3)n2)nc1. The molecular formula is C13H15N5. The molecule has 0 radical (unpaired) electrons. The lowest BCUT2D eigenvalue weighted by molar-refractivity contribution is 0.585. The fourth-order valence-corrected chi connectivity index (χ4v) is 2.04. The van der Waals surface area contributed by atoms with Crippen molar-refractivity contribution in [2.24, 2.45) is 0 Å². The zero-order valence-corrected chi connectivity index (χ0v) is 10.1. The molecule has 3 rings (SSSR count). The van der Waals surface area contributed by atoms with Gasteiger partial charge in [-0.25, -0.2) is 9.97 Å². The van der Waals surface area contributed by atoms with E-state index in [-0.39, 0.29) is 0 Å². The minimum absolute atomic E-state index is 0.687. The zero-order chi connectivity index (χ0) is 12.2. The Morgan fingerprint density at radius 2 is 1.89 bits per heavy atom. The second-order valence-electron chi connectivity index (χ2n) is 4.19. The van der Waals surface area contributed by atoms with Crippen molar-refractivity contribution in [2.45, 2.75) is 0 Å². The summed E-state index contributed by atoms with van der Waals surface area (Å²) >= 11 is 0. The summed E-state index contributed by atoms with van der Waals surface area (Å²) in [6.07, 6.45) is 3.56. The van der Waals surface area contributed by atoms with Crippen LogP contribution in [0.2, 0.25) is 0 Å². The largest absolute Gasteiger partial charge is 0.354 e. The number of pyridine rings is 1. The molecular weight excluding hydrogens is 226 g/mol. The van der Waals surface area contributed by atoms with Crippen molar-refractivity contribution in [3.8, 4) is 11.5 Å². The molecule has 18 heavy (non-hydrogen) atoms. The Morgan fingerprint density at radius 3 is 2.67 bits per heavy atom. The van der Waals surface area contributed by atoms with E-state index >= 15 is 0 Å². The van der Waals surface area contributed by atoms with Crippen LogP contribution in [0.4, 0.5) is 5.82 Å². The number of hydrogen-bond donors (Lipinski definition) is 1. The molecule has 5 nitrogen and oxygen atoms in total. The topological polar surface area (TPSA) is 53.9 Å². The van der Waals surface area contributed by atoms with Gasteiger partial charge < -0.3 is 10.2 Å². The van der Waals surface area contributed by atoms with Crippen molar-refractivity contribution in [3.63, 3.8) is 0 Å². The minimum atomic E-state index is 0.687. The number of piperazine rings is 1. The van der Waals surface area contributed by atoms with Gasteiger partial charge in [0.15, 0.2) is 5.82 Å². The highest BCUT2D eigenvalue weighted by Gasteiger charge is 2.12. The van der Waals surface area contributed by atoms with Crippen LogP contribution < -0.4 is 10.2 Å². The first kappa shape index (κ1) is 11.1. The maximum atomic E-state index is 4.59. The molecule has 1 fully saturated rings. The maximum Gasteiger partial charge on any atom is 0.180 e. The van der Waals surface area contributed by atoms with Crippen molar-refractivity contribution in [2.75, 3.05) is 31.1 Å². The van der Waals surface area contributed by atoms with Crippen LogP contribution >= 0.6 is 0 Å². The second-order valence-corrected chi connectivity index (χ2v) is 4.19. The van der Waals surface area contributed by atoms with Crippen LogP contribution in [0.5, 0.6) is 0 Å². The number of hydrogen-bond acceptors (Lipinski definition) is 5. The summed E-state index contributed by atoms with van der Waals surface area (Å²) < 4.78 is 0. The van der Waals surface area contributed by atoms with Crippen molar-refractivity contribution in [1.82, 2.24) is 20.3 Å². The third kappa shape index (κ3) is 2.31. The Balaban J connectivity index is 1.89. The Morgan fingerprint density at radius 1 is 1.00 bits per heavy atom. The van der Waals surface area contributed by atoms with E-state index in [2.05, 4.69) is 25.2 Å². The molecule has 2 aromatic heterocycles. The lowest BCUT2D eigenvalue weighted by Crippen LogP contribution is -2.43. The monoisotopic (exact) mass is 241 g/mol. The van der Waals surface area contributed by atoms with Gasteiger partial charge in [0, 0.05) is 38.6 Å². The number of anilines is 1. The molecule has 5 heteroatoms. The van der Waals surface area contributed by atoms with E-state index < -0.39 is 0 Å². The van der Waals surface area contributed by atoms with Crippen molar-refractivity contribution in [1.29, 1.82) is 0 Å². The van der Waals surface area contributed by atoms with Crippen LogP contribution in [0.15, 0.2) is 36.7 Å². The van der Waals surface area contributed by atoms with Crippen LogP contribution in [0, 0.1) is 0 Å². The van der Waals surface area contributed by atoms with Gasteiger partial charge in [-0.3, -0.25) is 4.98 Å². The van der Waals surface area contributed by atoms with Gasteiger partial charge >= 0.3 is 0 Å². The summed E-state index contributed by atoms with van der Waals surface area (Å²) in [5.74, 6) is 1.67. The van der Waals surface area contributed by atoms with E-state index in [1.54, 1.807) is 12.4 Å². The Labute approximate surface area is 106 Å². The van der Waals surface area contributed by atoms with E-state index in [9.17, 15) is 0 Å². The molecule has 0 aliphatic carbocycles. The van der Waals surface area contributed by atoms with Gasteiger partial charge in [-0.1, -0.05) is 6.07 Å². The van der Waals surface area contributed by atoms with Gasteiger partial charge in [0.1, 0.15) is 11.5 Å². The molecule has 0 bridgehead atoms. The second kappa shape index (κ2) is 5.10. The van der Waals surface area contributed by atoms with Crippen molar-refractivity contribution in [3.05, 3.63) is 36.7 Å². The average Bonchev–Trinajstić information content (AvgIpc) is 2.49. The molecule has 1 N–H and O–H groups in total. The smallest absolute Gasteiger partial charge is 0.180 e. The Kier molecular flexibility index (Phi) is 3.14. The highest BCUT2D eigenvalue weighted by molar-refractivity contribution is 5.52. The molecule has 0 unspecified atom stereocenters. The third-order valence-corrected chi connectivity index (χ3v) is 2.98. The number of aromatic nitrogens is 3. The number of rotatable bonds is 2. The quantitative estimate of drug-likeness (QED) is 0.848. The van der Waals surface area contributed by atoms with Crippen LogP contribution in [-0.2, 0) is 0 Å². The molecule has 3 heterocycles. The highest BCUT2D eigenvalue weighted by Crippen LogP contribution is 2.16. The van der Waals surface area contributed by atoms with E-state index in [0.29, 0.717) is 5.82 Å². The standard InChI is InChI=1S/C13H15N5/c1-2-5-15-11(3-1)13-16-6-4-12(17-13)18-9-7-14-8-10-18/h1-6,14H,7-10H2. The van der Waals surface area contributed by atoms with Crippen LogP contribution in [-0.4, -0.2) is 41.1 Å². The molecule has 2 aromatic rings. The summed E-state index contributed by atoms with van der Waals surface area (Å²) in [5, 5.41) is 3.33. The van der Waals surface area contributed by atoms with Crippen LogP contribution in [0.25, 0.3) is 11.5 Å². The summed E-state index contributed by atoms with van der Waals surface area (Å²) in [4.78, 5) is 15.4. The first-order valence-electron chi connectivity index (χ1n) is 6.13. The van der Waals surface area contributed by atoms with Gasteiger partial charge in [0.2, 0.25) is 0 Å². The van der Waals surface area contributed by atoms with Crippen LogP contribution in [0.1, 0.15) is 0 Å². The number of nitrogens with zero attached hydrogens (tertiary/aromatic N) is 4. The van der Waals surface area contributed by atoms with E-state index in [0.717, 1.165) is 37.7 Å². The van der Waals surface area contributed by atoms with E-state index in [4.69, 9.17) is 0 Å². The molecule has 0 saturated carbocycles. The lowest BCUT2D eigenvalue weighted by atomic mass is 10.3. The maximum absolute atomic E-state index is 4.59. The van der Waals surface area contributed by atoms with Crippen LogP contribution in [0.3, 0.4) is 0 Å². The van der Waals surface area contributed by atoms with E-state index in [1.807, 2.05) is 24.3 Å². The average molecular weight is 241 g/mol. The third-order valence-electron chi connectivity index (χ3n) is 2.98. The van der Waals surface area contributed by atoms with Gasteiger partial charge in [0.05, 0.1) is 0 Å². The lowest BCUT2D eigenvalue weighted by Gasteiger charge is -2.28. The molecule has 92 valence electrons. The predicted molar refractivity (Wildman–Crippen MR) is 70.3 cm³/mol. The van der Waals surface area contributed by atoms with Crippen molar-refractivity contribution >= 4 is 5.82 Å². The van der Waals surface area contributed by atoms with Gasteiger partial charge in [0.25, 0.3) is 0 Å². The Bertz CT molecular complexity index is 508.